The molecule has 7 nitrogen and oxygen atoms in total. The van der Waals surface area contributed by atoms with Crippen LogP contribution in [0.15, 0.2) is 63.3 Å². The van der Waals surface area contributed by atoms with E-state index in [1.54, 1.807) is 36.6 Å². The topological polar surface area (TPSA) is 102 Å². The molecule has 0 fully saturated rings. The van der Waals surface area contributed by atoms with E-state index in [1.807, 2.05) is 13.8 Å². The monoisotopic (exact) mass is 480 g/mol. The number of benzene rings is 1. The third-order valence-corrected chi connectivity index (χ3v) is 9.79. The van der Waals surface area contributed by atoms with Gasteiger partial charge in [0.05, 0.1) is 6.61 Å². The van der Waals surface area contributed by atoms with Gasteiger partial charge in [-0.1, -0.05) is 12.1 Å². The smallest absolute Gasteiger partial charge is 0.244 e. The van der Waals surface area contributed by atoms with Crippen LogP contribution >= 0.6 is 11.3 Å². The third kappa shape index (κ3) is 5.15. The van der Waals surface area contributed by atoms with Gasteiger partial charge >= 0.3 is 0 Å². The molecule has 0 aliphatic carbocycles. The van der Waals surface area contributed by atoms with Crippen molar-refractivity contribution < 1.29 is 21.6 Å². The molecule has 3 aromatic rings. The number of nitrogens with zero attached hydrogens (tertiary/aromatic N) is 1. The summed E-state index contributed by atoms with van der Waals surface area (Å²) in [7, 11) is -7.87. The molecule has 166 valence electrons. The van der Waals surface area contributed by atoms with Crippen molar-refractivity contribution in [3.63, 3.8) is 0 Å². The van der Waals surface area contributed by atoms with Crippen molar-refractivity contribution in [2.45, 2.75) is 35.1 Å². The molecule has 10 heteroatoms. The van der Waals surface area contributed by atoms with Crippen molar-refractivity contribution in [3.05, 3.63) is 70.9 Å². The molecular weight excluding hydrogens is 456 g/mol. The van der Waals surface area contributed by atoms with Crippen LogP contribution < -0.4 is 9.46 Å². The molecule has 3 rings (SSSR count). The molecule has 2 aromatic heterocycles. The lowest BCUT2D eigenvalue weighted by molar-refractivity contribution is 0.330. The zero-order chi connectivity index (χ0) is 22.6. The van der Waals surface area contributed by atoms with Crippen LogP contribution in [0, 0.1) is 13.8 Å². The van der Waals surface area contributed by atoms with Crippen molar-refractivity contribution in [3.8, 4) is 5.75 Å². The van der Waals surface area contributed by atoms with Gasteiger partial charge in [-0.3, -0.25) is 4.98 Å². The van der Waals surface area contributed by atoms with Crippen LogP contribution in [0.3, 0.4) is 0 Å². The lowest BCUT2D eigenvalue weighted by Gasteiger charge is -2.19. The van der Waals surface area contributed by atoms with Gasteiger partial charge in [-0.25, -0.2) is 21.6 Å². The Hall–Kier alpha value is -2.27. The van der Waals surface area contributed by atoms with E-state index in [0.717, 1.165) is 22.5 Å². The number of sulfonamides is 1. The first-order valence-electron chi connectivity index (χ1n) is 9.58. The SMILES string of the molecule is CCOc1cc(C)c(C)cc1S(=O)(=O)NCC(c1cccnc1)S(=O)(=O)c1cccs1. The molecule has 1 atom stereocenters. The van der Waals surface area contributed by atoms with Gasteiger partial charge in [-0.05, 0) is 67.1 Å². The van der Waals surface area contributed by atoms with Crippen LogP contribution in [0.5, 0.6) is 5.75 Å². The highest BCUT2D eigenvalue weighted by atomic mass is 32.2. The van der Waals surface area contributed by atoms with Crippen molar-refractivity contribution in [2.24, 2.45) is 0 Å². The maximum atomic E-state index is 13.2. The molecular formula is C21H24N2O5S3. The summed E-state index contributed by atoms with van der Waals surface area (Å²) in [5, 5.41) is 0.539. The van der Waals surface area contributed by atoms with Gasteiger partial charge in [0, 0.05) is 18.9 Å². The van der Waals surface area contributed by atoms with E-state index in [0.29, 0.717) is 12.2 Å². The molecule has 0 bridgehead atoms. The van der Waals surface area contributed by atoms with Crippen molar-refractivity contribution in [1.29, 1.82) is 0 Å². The summed E-state index contributed by atoms with van der Waals surface area (Å²) in [5.41, 5.74) is 2.10. The number of pyridine rings is 1. The lowest BCUT2D eigenvalue weighted by atomic mass is 10.1. The molecule has 0 saturated heterocycles. The Kier molecular flexibility index (Phi) is 7.15. The fourth-order valence-corrected chi connectivity index (χ4v) is 7.25. The average Bonchev–Trinajstić information content (AvgIpc) is 3.27. The summed E-state index contributed by atoms with van der Waals surface area (Å²) in [5.74, 6) is 0.233. The Balaban J connectivity index is 1.98. The summed E-state index contributed by atoms with van der Waals surface area (Å²) in [6, 6.07) is 9.61. The lowest BCUT2D eigenvalue weighted by Crippen LogP contribution is -2.32. The number of sulfone groups is 1. The van der Waals surface area contributed by atoms with Crippen LogP contribution in [-0.2, 0) is 19.9 Å². The highest BCUT2D eigenvalue weighted by Crippen LogP contribution is 2.32. The highest BCUT2D eigenvalue weighted by Gasteiger charge is 2.32. The van der Waals surface area contributed by atoms with E-state index >= 15 is 0 Å². The minimum atomic E-state index is -4.04. The van der Waals surface area contributed by atoms with Gasteiger partial charge in [0.25, 0.3) is 0 Å². The predicted octanol–water partition coefficient (Wildman–Crippen LogP) is 3.65. The van der Waals surface area contributed by atoms with Crippen LogP contribution in [-0.4, -0.2) is 35.0 Å². The van der Waals surface area contributed by atoms with E-state index in [1.165, 1.54) is 24.5 Å². The maximum absolute atomic E-state index is 13.2. The van der Waals surface area contributed by atoms with Crippen LogP contribution in [0.25, 0.3) is 0 Å². The Morgan fingerprint density at radius 2 is 1.84 bits per heavy atom. The predicted molar refractivity (Wildman–Crippen MR) is 121 cm³/mol. The number of hydrogen-bond donors (Lipinski definition) is 1. The molecule has 0 radical (unpaired) electrons. The van der Waals surface area contributed by atoms with E-state index in [2.05, 4.69) is 9.71 Å². The molecule has 0 amide bonds. The first kappa shape index (κ1) is 23.4. The third-order valence-electron chi connectivity index (χ3n) is 4.81. The minimum absolute atomic E-state index is 0.0177. The summed E-state index contributed by atoms with van der Waals surface area (Å²) >= 11 is 1.09. The number of hydrogen-bond acceptors (Lipinski definition) is 7. The number of aromatic nitrogens is 1. The van der Waals surface area contributed by atoms with Crippen molar-refractivity contribution >= 4 is 31.2 Å². The molecule has 1 aromatic carbocycles. The number of thiophene rings is 1. The number of ether oxygens (including phenoxy) is 1. The zero-order valence-corrected chi connectivity index (χ0v) is 19.9. The number of nitrogens with one attached hydrogen (secondary N) is 1. The van der Waals surface area contributed by atoms with Crippen LogP contribution in [0.4, 0.5) is 0 Å². The standard InChI is InChI=1S/C21H24N2O5S3/c1-4-28-18-11-15(2)16(3)12-19(18)31(26,27)23-14-20(17-7-5-9-22-13-17)30(24,25)21-8-6-10-29-21/h5-13,20,23H,4,14H2,1-3H3. The molecule has 2 heterocycles. The molecule has 1 N–H and O–H groups in total. The van der Waals surface area contributed by atoms with E-state index < -0.39 is 25.1 Å². The van der Waals surface area contributed by atoms with Crippen LogP contribution in [0.1, 0.15) is 28.9 Å². The summed E-state index contributed by atoms with van der Waals surface area (Å²) in [4.78, 5) is 3.99. The Morgan fingerprint density at radius 3 is 2.45 bits per heavy atom. The van der Waals surface area contributed by atoms with Crippen molar-refractivity contribution in [2.75, 3.05) is 13.2 Å². The Labute approximate surface area is 187 Å². The van der Waals surface area contributed by atoms with E-state index in [9.17, 15) is 16.8 Å². The second-order valence-electron chi connectivity index (χ2n) is 6.92. The van der Waals surface area contributed by atoms with Gasteiger partial charge in [0.2, 0.25) is 10.0 Å². The van der Waals surface area contributed by atoms with Gasteiger partial charge in [0.15, 0.2) is 9.84 Å². The summed E-state index contributed by atoms with van der Waals surface area (Å²) in [6.45, 7) is 5.41. The summed E-state index contributed by atoms with van der Waals surface area (Å²) in [6.07, 6.45) is 2.97. The Bertz CT molecular complexity index is 1240. The van der Waals surface area contributed by atoms with Gasteiger partial charge in [0.1, 0.15) is 20.1 Å². The fraction of sp³-hybridized carbons (Fsp3) is 0.286. The average molecular weight is 481 g/mol. The van der Waals surface area contributed by atoms with E-state index in [4.69, 9.17) is 4.74 Å². The van der Waals surface area contributed by atoms with Crippen LogP contribution in [0.2, 0.25) is 0 Å². The maximum Gasteiger partial charge on any atom is 0.244 e. The van der Waals surface area contributed by atoms with Gasteiger partial charge in [-0.2, -0.15) is 0 Å². The second kappa shape index (κ2) is 9.47. The van der Waals surface area contributed by atoms with Gasteiger partial charge in [-0.15, -0.1) is 11.3 Å². The van der Waals surface area contributed by atoms with Gasteiger partial charge < -0.3 is 4.74 Å². The second-order valence-corrected chi connectivity index (χ2v) is 12.0. The normalized spacial score (nSPS) is 13.1. The molecule has 0 saturated carbocycles. The minimum Gasteiger partial charge on any atom is -0.492 e. The fourth-order valence-electron chi connectivity index (χ4n) is 3.04. The number of rotatable bonds is 9. The summed E-state index contributed by atoms with van der Waals surface area (Å²) < 4.78 is 60.9. The molecule has 0 aliphatic rings. The molecule has 0 aliphatic heterocycles. The first-order chi connectivity index (χ1) is 14.7. The molecule has 31 heavy (non-hydrogen) atoms. The Morgan fingerprint density at radius 1 is 1.10 bits per heavy atom. The van der Waals surface area contributed by atoms with Crippen molar-refractivity contribution in [1.82, 2.24) is 9.71 Å². The zero-order valence-electron chi connectivity index (χ0n) is 17.4. The highest BCUT2D eigenvalue weighted by molar-refractivity contribution is 7.93. The quantitative estimate of drug-likeness (QED) is 0.502. The van der Waals surface area contributed by atoms with E-state index in [-0.39, 0.29) is 21.4 Å². The molecule has 0 spiro atoms. The number of aryl methyl sites for hydroxylation is 2. The molecule has 1 unspecified atom stereocenters. The first-order valence-corrected chi connectivity index (χ1v) is 13.5. The largest absolute Gasteiger partial charge is 0.492 e.